The first-order valence-corrected chi connectivity index (χ1v) is 8.46. The maximum absolute atomic E-state index is 12.7. The Bertz CT molecular complexity index is 1080. The van der Waals surface area contributed by atoms with Gasteiger partial charge in [0.15, 0.2) is 0 Å². The van der Waals surface area contributed by atoms with Crippen molar-refractivity contribution in [2.75, 3.05) is 6.61 Å². The van der Waals surface area contributed by atoms with Crippen LogP contribution >= 0.6 is 0 Å². The van der Waals surface area contributed by atoms with Gasteiger partial charge in [-0.2, -0.15) is 0 Å². The summed E-state index contributed by atoms with van der Waals surface area (Å²) in [6, 6.07) is 17.3. The molecule has 1 amide bonds. The molecular weight excluding hydrogens is 344 g/mol. The Morgan fingerprint density at radius 2 is 1.78 bits per heavy atom. The molecule has 0 saturated carbocycles. The predicted molar refractivity (Wildman–Crippen MR) is 99.0 cm³/mol. The molecule has 0 saturated heterocycles. The van der Waals surface area contributed by atoms with Crippen LogP contribution in [0.4, 0.5) is 0 Å². The summed E-state index contributed by atoms with van der Waals surface area (Å²) < 4.78 is 6.68. The number of ketones is 1. The monoisotopic (exact) mass is 360 g/mol. The highest BCUT2D eigenvalue weighted by Crippen LogP contribution is 2.23. The van der Waals surface area contributed by atoms with Crippen molar-refractivity contribution in [2.24, 2.45) is 0 Å². The van der Waals surface area contributed by atoms with E-state index in [1.165, 1.54) is 6.08 Å². The number of nitrogens with zero attached hydrogens (tertiary/aromatic N) is 1. The largest absolute Gasteiger partial charge is 0.456 e. The van der Waals surface area contributed by atoms with Crippen molar-refractivity contribution in [1.82, 2.24) is 9.88 Å². The SMILES string of the molecule is O=C1C=C(NC(=O)C(=O)c2cn(Cc3ccccc3)c3ccccc23)CO1. The second kappa shape index (κ2) is 6.92. The lowest BCUT2D eigenvalue weighted by Gasteiger charge is -2.05. The Morgan fingerprint density at radius 1 is 1.04 bits per heavy atom. The molecule has 0 fully saturated rings. The molecule has 0 radical (unpaired) electrons. The van der Waals surface area contributed by atoms with Gasteiger partial charge in [-0.1, -0.05) is 48.5 Å². The highest BCUT2D eigenvalue weighted by atomic mass is 16.5. The molecule has 4 rings (SSSR count). The number of hydrogen-bond acceptors (Lipinski definition) is 4. The van der Waals surface area contributed by atoms with Gasteiger partial charge in [0, 0.05) is 29.7 Å². The van der Waals surface area contributed by atoms with Crippen molar-refractivity contribution in [2.45, 2.75) is 6.54 Å². The zero-order valence-electron chi connectivity index (χ0n) is 14.3. The van der Waals surface area contributed by atoms with Crippen LogP contribution in [0.1, 0.15) is 15.9 Å². The lowest BCUT2D eigenvalue weighted by Crippen LogP contribution is -2.31. The van der Waals surface area contributed by atoms with Crippen molar-refractivity contribution in [3.05, 3.63) is 83.7 Å². The maximum atomic E-state index is 12.7. The molecule has 2 heterocycles. The molecule has 1 N–H and O–H groups in total. The molecule has 27 heavy (non-hydrogen) atoms. The first kappa shape index (κ1) is 16.8. The van der Waals surface area contributed by atoms with E-state index in [-0.39, 0.29) is 12.3 Å². The van der Waals surface area contributed by atoms with Gasteiger partial charge in [-0.15, -0.1) is 0 Å². The van der Waals surface area contributed by atoms with Gasteiger partial charge >= 0.3 is 5.97 Å². The van der Waals surface area contributed by atoms with Crippen LogP contribution in [0.5, 0.6) is 0 Å². The van der Waals surface area contributed by atoms with E-state index < -0.39 is 17.7 Å². The Kier molecular flexibility index (Phi) is 4.30. The number of aromatic nitrogens is 1. The fourth-order valence-electron chi connectivity index (χ4n) is 3.11. The summed E-state index contributed by atoms with van der Waals surface area (Å²) in [6.45, 7) is 0.553. The minimum absolute atomic E-state index is 0.0341. The number of fused-ring (bicyclic) bond motifs is 1. The first-order valence-electron chi connectivity index (χ1n) is 8.46. The summed E-state index contributed by atoms with van der Waals surface area (Å²) in [4.78, 5) is 36.1. The topological polar surface area (TPSA) is 77.4 Å². The number of rotatable bonds is 5. The minimum atomic E-state index is -0.790. The number of benzene rings is 2. The Morgan fingerprint density at radius 3 is 2.52 bits per heavy atom. The van der Waals surface area contributed by atoms with Crippen LogP contribution in [0.25, 0.3) is 10.9 Å². The molecule has 3 aromatic rings. The van der Waals surface area contributed by atoms with Crippen molar-refractivity contribution >= 4 is 28.6 Å². The van der Waals surface area contributed by atoms with E-state index in [0.29, 0.717) is 17.5 Å². The Balaban J connectivity index is 1.65. The molecule has 1 aliphatic heterocycles. The van der Waals surface area contributed by atoms with E-state index in [2.05, 4.69) is 5.32 Å². The smallest absolute Gasteiger partial charge is 0.333 e. The molecule has 0 aliphatic carbocycles. The van der Waals surface area contributed by atoms with Gasteiger partial charge in [0.05, 0.1) is 11.3 Å². The summed E-state index contributed by atoms with van der Waals surface area (Å²) in [5.74, 6) is -1.97. The summed E-state index contributed by atoms with van der Waals surface area (Å²) in [7, 11) is 0. The van der Waals surface area contributed by atoms with E-state index >= 15 is 0 Å². The zero-order chi connectivity index (χ0) is 18.8. The third-order valence-electron chi connectivity index (χ3n) is 4.37. The van der Waals surface area contributed by atoms with Crippen molar-refractivity contribution in [1.29, 1.82) is 0 Å². The number of esters is 1. The van der Waals surface area contributed by atoms with Crippen molar-refractivity contribution < 1.29 is 19.1 Å². The maximum Gasteiger partial charge on any atom is 0.333 e. The lowest BCUT2D eigenvalue weighted by atomic mass is 10.1. The summed E-state index contributed by atoms with van der Waals surface area (Å²) in [6.07, 6.45) is 2.87. The van der Waals surface area contributed by atoms with Crippen LogP contribution in [-0.2, 0) is 20.9 Å². The number of hydrogen-bond donors (Lipinski definition) is 1. The molecule has 1 aromatic heterocycles. The summed E-state index contributed by atoms with van der Waals surface area (Å²) in [5, 5.41) is 3.16. The van der Waals surface area contributed by atoms with Crippen LogP contribution < -0.4 is 5.32 Å². The lowest BCUT2D eigenvalue weighted by molar-refractivity contribution is -0.135. The second-order valence-corrected chi connectivity index (χ2v) is 6.23. The van der Waals surface area contributed by atoms with Gasteiger partial charge in [0.1, 0.15) is 6.61 Å². The van der Waals surface area contributed by atoms with Crippen LogP contribution in [0.15, 0.2) is 72.6 Å². The molecular formula is C21H16N2O4. The average molecular weight is 360 g/mol. The third kappa shape index (κ3) is 3.37. The average Bonchev–Trinajstić information content (AvgIpc) is 3.26. The molecule has 1 aliphatic rings. The second-order valence-electron chi connectivity index (χ2n) is 6.23. The fraction of sp³-hybridized carbons (Fsp3) is 0.0952. The minimum Gasteiger partial charge on any atom is -0.456 e. The number of nitrogens with one attached hydrogen (secondary N) is 1. The van der Waals surface area contributed by atoms with E-state index in [4.69, 9.17) is 4.74 Å². The Hall–Kier alpha value is -3.67. The molecule has 0 bridgehead atoms. The molecule has 0 atom stereocenters. The van der Waals surface area contributed by atoms with Gasteiger partial charge in [0.2, 0.25) is 0 Å². The van der Waals surface area contributed by atoms with Gasteiger partial charge < -0.3 is 14.6 Å². The predicted octanol–water partition coefficient (Wildman–Crippen LogP) is 2.43. The molecule has 134 valence electrons. The number of ether oxygens (including phenoxy) is 1. The summed E-state index contributed by atoms with van der Waals surface area (Å²) >= 11 is 0. The van der Waals surface area contributed by atoms with Crippen molar-refractivity contribution in [3.63, 3.8) is 0 Å². The summed E-state index contributed by atoms with van der Waals surface area (Å²) in [5.41, 5.74) is 2.57. The number of para-hydroxylation sites is 1. The normalized spacial score (nSPS) is 13.3. The zero-order valence-corrected chi connectivity index (χ0v) is 14.3. The van der Waals surface area contributed by atoms with E-state index in [1.807, 2.05) is 59.2 Å². The Labute approximate surface area is 155 Å². The molecule has 0 spiro atoms. The van der Waals surface area contributed by atoms with E-state index in [0.717, 1.165) is 11.1 Å². The molecule has 6 heteroatoms. The number of carbonyl (C=O) groups is 3. The number of amides is 1. The van der Waals surface area contributed by atoms with E-state index in [9.17, 15) is 14.4 Å². The van der Waals surface area contributed by atoms with Gasteiger partial charge in [-0.3, -0.25) is 9.59 Å². The van der Waals surface area contributed by atoms with Crippen LogP contribution in [0.2, 0.25) is 0 Å². The van der Waals surface area contributed by atoms with Gasteiger partial charge in [-0.25, -0.2) is 4.79 Å². The standard InChI is InChI=1S/C21H16N2O4/c24-19-10-15(13-27-19)22-21(26)20(25)17-12-23(11-14-6-2-1-3-7-14)18-9-5-4-8-16(17)18/h1-10,12H,11,13H2,(H,22,26). The quantitative estimate of drug-likeness (QED) is 0.431. The van der Waals surface area contributed by atoms with E-state index in [1.54, 1.807) is 6.20 Å². The molecule has 6 nitrogen and oxygen atoms in total. The number of cyclic esters (lactones) is 1. The van der Waals surface area contributed by atoms with Crippen LogP contribution in [0.3, 0.4) is 0 Å². The van der Waals surface area contributed by atoms with Crippen LogP contribution in [0, 0.1) is 0 Å². The highest BCUT2D eigenvalue weighted by Gasteiger charge is 2.24. The molecule has 0 unspecified atom stereocenters. The molecule has 2 aromatic carbocycles. The van der Waals surface area contributed by atoms with Gasteiger partial charge in [-0.05, 0) is 11.6 Å². The highest BCUT2D eigenvalue weighted by molar-refractivity contribution is 6.45. The third-order valence-corrected chi connectivity index (χ3v) is 4.37. The van der Waals surface area contributed by atoms with Gasteiger partial charge in [0.25, 0.3) is 11.7 Å². The number of carbonyl (C=O) groups excluding carboxylic acids is 3. The first-order chi connectivity index (χ1) is 13.1. The number of Topliss-reactive ketones (excluding diaryl/α,β-unsaturated/α-hetero) is 1. The fourth-order valence-corrected chi connectivity index (χ4v) is 3.11. The van der Waals surface area contributed by atoms with Crippen LogP contribution in [-0.4, -0.2) is 28.8 Å². The van der Waals surface area contributed by atoms with Crippen molar-refractivity contribution in [3.8, 4) is 0 Å².